The molecule has 3 N–H and O–H groups in total. The third-order valence-corrected chi connectivity index (χ3v) is 2.32. The molecule has 0 aliphatic carbocycles. The van der Waals surface area contributed by atoms with Crippen molar-refractivity contribution >= 4 is 11.4 Å². The van der Waals surface area contributed by atoms with Gasteiger partial charge in [0, 0.05) is 12.1 Å². The van der Waals surface area contributed by atoms with Crippen LogP contribution < -0.4 is 15.8 Å². The van der Waals surface area contributed by atoms with Gasteiger partial charge in [0.15, 0.2) is 17.4 Å². The summed E-state index contributed by atoms with van der Waals surface area (Å²) >= 11 is 0. The lowest BCUT2D eigenvalue weighted by Gasteiger charge is -2.10. The van der Waals surface area contributed by atoms with E-state index in [2.05, 4.69) is 15.5 Å². The van der Waals surface area contributed by atoms with Crippen LogP contribution in [0.1, 0.15) is 11.7 Å². The van der Waals surface area contributed by atoms with Gasteiger partial charge in [-0.15, -0.1) is 0 Å². The van der Waals surface area contributed by atoms with Crippen LogP contribution in [0.5, 0.6) is 5.75 Å². The Balaban J connectivity index is 2.13. The molecule has 6 nitrogen and oxygen atoms in total. The monoisotopic (exact) mass is 252 g/mol. The van der Waals surface area contributed by atoms with E-state index in [1.807, 2.05) is 0 Å². The molecular formula is C11H13FN4O2. The number of anilines is 2. The van der Waals surface area contributed by atoms with Gasteiger partial charge in [-0.2, -0.15) is 4.98 Å². The Morgan fingerprint density at radius 3 is 2.89 bits per heavy atom. The molecule has 18 heavy (non-hydrogen) atoms. The van der Waals surface area contributed by atoms with Crippen LogP contribution in [0.3, 0.4) is 0 Å². The standard InChI is InChI=1S/C11H13FN4O2/c1-6-15-11(18-16-6)5-14-9-4-10(17-2)7(12)3-8(9)13/h3-4,14H,5,13H2,1-2H3. The van der Waals surface area contributed by atoms with Gasteiger partial charge in [0.2, 0.25) is 5.89 Å². The van der Waals surface area contributed by atoms with Crippen LogP contribution in [0.15, 0.2) is 16.7 Å². The van der Waals surface area contributed by atoms with E-state index in [1.165, 1.54) is 19.2 Å². The lowest BCUT2D eigenvalue weighted by atomic mass is 10.2. The van der Waals surface area contributed by atoms with Gasteiger partial charge in [0.05, 0.1) is 25.0 Å². The zero-order valence-corrected chi connectivity index (χ0v) is 10.0. The summed E-state index contributed by atoms with van der Waals surface area (Å²) < 4.78 is 23.1. The lowest BCUT2D eigenvalue weighted by molar-refractivity contribution is 0.379. The maximum Gasteiger partial charge on any atom is 0.245 e. The van der Waals surface area contributed by atoms with E-state index in [0.29, 0.717) is 23.9 Å². The number of aromatic nitrogens is 2. The smallest absolute Gasteiger partial charge is 0.245 e. The normalized spacial score (nSPS) is 10.4. The average Bonchev–Trinajstić information content (AvgIpc) is 2.74. The first kappa shape index (κ1) is 12.2. The number of nitrogen functional groups attached to an aromatic ring is 1. The first-order valence-electron chi connectivity index (χ1n) is 5.26. The Hall–Kier alpha value is -2.31. The highest BCUT2D eigenvalue weighted by Gasteiger charge is 2.09. The molecule has 1 aromatic carbocycles. The number of benzene rings is 1. The SMILES string of the molecule is COc1cc(NCc2nc(C)no2)c(N)cc1F. The van der Waals surface area contributed by atoms with Crippen LogP contribution in [0.25, 0.3) is 0 Å². The minimum Gasteiger partial charge on any atom is -0.494 e. The summed E-state index contributed by atoms with van der Waals surface area (Å²) in [5.74, 6) is 0.592. The largest absolute Gasteiger partial charge is 0.494 e. The fourth-order valence-electron chi connectivity index (χ4n) is 1.46. The fourth-order valence-corrected chi connectivity index (χ4v) is 1.46. The van der Waals surface area contributed by atoms with Gasteiger partial charge >= 0.3 is 0 Å². The van der Waals surface area contributed by atoms with Gasteiger partial charge in [-0.25, -0.2) is 4.39 Å². The van der Waals surface area contributed by atoms with Gasteiger partial charge in [0.1, 0.15) is 0 Å². The number of nitrogens with one attached hydrogen (secondary N) is 1. The molecule has 0 saturated heterocycles. The molecule has 1 aromatic heterocycles. The molecule has 0 fully saturated rings. The van der Waals surface area contributed by atoms with E-state index in [1.54, 1.807) is 6.92 Å². The van der Waals surface area contributed by atoms with Crippen molar-refractivity contribution in [2.75, 3.05) is 18.2 Å². The van der Waals surface area contributed by atoms with E-state index < -0.39 is 5.82 Å². The number of ether oxygens (including phenoxy) is 1. The Morgan fingerprint density at radius 2 is 2.28 bits per heavy atom. The molecule has 2 rings (SSSR count). The Labute approximate surface area is 103 Å². The summed E-state index contributed by atoms with van der Waals surface area (Å²) in [6, 6.07) is 2.67. The van der Waals surface area contributed by atoms with Crippen molar-refractivity contribution in [1.29, 1.82) is 0 Å². The highest BCUT2D eigenvalue weighted by molar-refractivity contribution is 5.68. The predicted molar refractivity (Wildman–Crippen MR) is 63.7 cm³/mol. The minimum absolute atomic E-state index is 0.119. The molecule has 96 valence electrons. The maximum atomic E-state index is 13.3. The van der Waals surface area contributed by atoms with Crippen molar-refractivity contribution in [3.8, 4) is 5.75 Å². The highest BCUT2D eigenvalue weighted by atomic mass is 19.1. The summed E-state index contributed by atoms with van der Waals surface area (Å²) in [5.41, 5.74) is 6.52. The Bertz CT molecular complexity index is 556. The van der Waals surface area contributed by atoms with Gasteiger partial charge in [-0.05, 0) is 6.92 Å². The molecule has 0 radical (unpaired) electrons. The van der Waals surface area contributed by atoms with Crippen molar-refractivity contribution < 1.29 is 13.7 Å². The summed E-state index contributed by atoms with van der Waals surface area (Å²) in [6.07, 6.45) is 0. The number of nitrogens with two attached hydrogens (primary N) is 1. The van der Waals surface area contributed by atoms with Crippen LogP contribution in [-0.2, 0) is 6.54 Å². The lowest BCUT2D eigenvalue weighted by Crippen LogP contribution is -2.04. The Kier molecular flexibility index (Phi) is 3.31. The molecule has 2 aromatic rings. The molecule has 0 bridgehead atoms. The number of hydrogen-bond acceptors (Lipinski definition) is 6. The fraction of sp³-hybridized carbons (Fsp3) is 0.273. The van der Waals surface area contributed by atoms with Crippen molar-refractivity contribution in [3.63, 3.8) is 0 Å². The average molecular weight is 252 g/mol. The second-order valence-electron chi connectivity index (χ2n) is 3.66. The molecular weight excluding hydrogens is 239 g/mol. The third-order valence-electron chi connectivity index (χ3n) is 2.32. The van der Waals surface area contributed by atoms with Gasteiger partial charge in [0.25, 0.3) is 0 Å². The Morgan fingerprint density at radius 1 is 1.50 bits per heavy atom. The molecule has 0 amide bonds. The van der Waals surface area contributed by atoms with E-state index in [-0.39, 0.29) is 11.4 Å². The van der Waals surface area contributed by atoms with Crippen LogP contribution in [0.2, 0.25) is 0 Å². The summed E-state index contributed by atoms with van der Waals surface area (Å²) in [7, 11) is 1.39. The summed E-state index contributed by atoms with van der Waals surface area (Å²) in [5, 5.41) is 6.63. The topological polar surface area (TPSA) is 86.2 Å². The summed E-state index contributed by atoms with van der Waals surface area (Å²) in [4.78, 5) is 4.03. The van der Waals surface area contributed by atoms with Crippen molar-refractivity contribution in [3.05, 3.63) is 29.7 Å². The van der Waals surface area contributed by atoms with Gasteiger partial charge in [-0.1, -0.05) is 5.16 Å². The molecule has 0 spiro atoms. The molecule has 0 saturated carbocycles. The second kappa shape index (κ2) is 4.91. The zero-order valence-electron chi connectivity index (χ0n) is 10.0. The number of halogens is 1. The second-order valence-corrected chi connectivity index (χ2v) is 3.66. The molecule has 7 heteroatoms. The van der Waals surface area contributed by atoms with Crippen molar-refractivity contribution in [2.24, 2.45) is 0 Å². The number of methoxy groups -OCH3 is 1. The molecule has 0 aliphatic rings. The number of aryl methyl sites for hydroxylation is 1. The third kappa shape index (κ3) is 2.50. The summed E-state index contributed by atoms with van der Waals surface area (Å²) in [6.45, 7) is 2.03. The first-order valence-corrected chi connectivity index (χ1v) is 5.26. The molecule has 1 heterocycles. The van der Waals surface area contributed by atoms with Gasteiger partial charge < -0.3 is 20.3 Å². The van der Waals surface area contributed by atoms with Crippen LogP contribution >= 0.6 is 0 Å². The van der Waals surface area contributed by atoms with Crippen LogP contribution in [-0.4, -0.2) is 17.3 Å². The maximum absolute atomic E-state index is 13.3. The first-order chi connectivity index (χ1) is 8.60. The number of rotatable bonds is 4. The molecule has 0 aliphatic heterocycles. The highest BCUT2D eigenvalue weighted by Crippen LogP contribution is 2.28. The van der Waals surface area contributed by atoms with E-state index >= 15 is 0 Å². The quantitative estimate of drug-likeness (QED) is 0.806. The minimum atomic E-state index is -0.505. The predicted octanol–water partition coefficient (Wildman–Crippen LogP) is 1.72. The van der Waals surface area contributed by atoms with E-state index in [9.17, 15) is 4.39 Å². The van der Waals surface area contributed by atoms with Crippen LogP contribution in [0, 0.1) is 12.7 Å². The number of hydrogen-bond donors (Lipinski definition) is 2. The van der Waals surface area contributed by atoms with E-state index in [4.69, 9.17) is 15.0 Å². The van der Waals surface area contributed by atoms with Crippen LogP contribution in [0.4, 0.5) is 15.8 Å². The molecule has 0 atom stereocenters. The van der Waals surface area contributed by atoms with Crippen molar-refractivity contribution in [1.82, 2.24) is 10.1 Å². The van der Waals surface area contributed by atoms with Gasteiger partial charge in [-0.3, -0.25) is 0 Å². The van der Waals surface area contributed by atoms with E-state index in [0.717, 1.165) is 0 Å². The van der Waals surface area contributed by atoms with Crippen molar-refractivity contribution in [2.45, 2.75) is 13.5 Å². The number of nitrogens with zero attached hydrogens (tertiary/aromatic N) is 2. The zero-order chi connectivity index (χ0) is 13.1. The molecule has 0 unspecified atom stereocenters.